The number of nitrogens with one attached hydrogen (secondary N) is 2. The van der Waals surface area contributed by atoms with E-state index >= 15 is 0 Å². The molecule has 0 amide bonds. The van der Waals surface area contributed by atoms with Gasteiger partial charge in [-0.15, -0.1) is 0 Å². The summed E-state index contributed by atoms with van der Waals surface area (Å²) in [6.07, 6.45) is 0. The molecule has 20 heavy (non-hydrogen) atoms. The van der Waals surface area contributed by atoms with Crippen LogP contribution in [0.5, 0.6) is 5.75 Å². The van der Waals surface area contributed by atoms with Crippen LogP contribution in [0.25, 0.3) is 0 Å². The van der Waals surface area contributed by atoms with Gasteiger partial charge in [-0.05, 0) is 43.9 Å². The molecule has 0 unspecified atom stereocenters. The molecule has 0 atom stereocenters. The number of benzene rings is 1. The summed E-state index contributed by atoms with van der Waals surface area (Å²) in [4.78, 5) is 2.18. The zero-order chi connectivity index (χ0) is 15.2. The van der Waals surface area contributed by atoms with Gasteiger partial charge in [-0.3, -0.25) is 0 Å². The molecule has 0 saturated heterocycles. The van der Waals surface area contributed by atoms with Crippen LogP contribution in [0.2, 0.25) is 0 Å². The highest BCUT2D eigenvalue weighted by atomic mass is 32.1. The van der Waals surface area contributed by atoms with Crippen LogP contribution >= 0.6 is 12.2 Å². The second-order valence-electron chi connectivity index (χ2n) is 5.94. The van der Waals surface area contributed by atoms with Crippen LogP contribution < -0.4 is 15.4 Å². The Hall–Kier alpha value is -1.33. The second-order valence-corrected chi connectivity index (χ2v) is 6.35. The Kier molecular flexibility index (Phi) is 6.23. The van der Waals surface area contributed by atoms with E-state index in [1.165, 1.54) is 0 Å². The van der Waals surface area contributed by atoms with Crippen LogP contribution in [-0.2, 0) is 0 Å². The summed E-state index contributed by atoms with van der Waals surface area (Å²) >= 11 is 5.32. The Morgan fingerprint density at radius 1 is 1.35 bits per heavy atom. The summed E-state index contributed by atoms with van der Waals surface area (Å²) in [6, 6.07) is 7.71. The Balaban J connectivity index is 2.47. The van der Waals surface area contributed by atoms with Gasteiger partial charge in [-0.1, -0.05) is 19.9 Å². The van der Waals surface area contributed by atoms with Gasteiger partial charge in [0.25, 0.3) is 0 Å². The molecule has 0 fully saturated rings. The molecular formula is C15H25N3OS. The van der Waals surface area contributed by atoms with Crippen molar-refractivity contribution in [1.82, 2.24) is 10.2 Å². The first-order valence-electron chi connectivity index (χ1n) is 6.66. The van der Waals surface area contributed by atoms with E-state index in [4.69, 9.17) is 17.0 Å². The lowest BCUT2D eigenvalue weighted by molar-refractivity contribution is 0.242. The summed E-state index contributed by atoms with van der Waals surface area (Å²) in [7, 11) is 5.81. The lowest BCUT2D eigenvalue weighted by Crippen LogP contribution is -2.41. The molecule has 1 aromatic carbocycles. The largest absolute Gasteiger partial charge is 0.497 e. The normalized spacial score (nSPS) is 11.3. The van der Waals surface area contributed by atoms with Crippen molar-refractivity contribution in [3.63, 3.8) is 0 Å². The summed E-state index contributed by atoms with van der Waals surface area (Å²) in [6.45, 7) is 6.26. The SMILES string of the molecule is COc1cccc(NC(=S)NCC(C)(C)CN(C)C)c1. The van der Waals surface area contributed by atoms with E-state index < -0.39 is 0 Å². The highest BCUT2D eigenvalue weighted by Crippen LogP contribution is 2.17. The van der Waals surface area contributed by atoms with Crippen molar-refractivity contribution in [3.8, 4) is 5.75 Å². The third-order valence-electron chi connectivity index (χ3n) is 2.80. The molecule has 0 aliphatic heterocycles. The number of nitrogens with zero attached hydrogens (tertiary/aromatic N) is 1. The molecule has 0 saturated carbocycles. The molecule has 0 aromatic heterocycles. The van der Waals surface area contributed by atoms with Crippen molar-refractivity contribution in [3.05, 3.63) is 24.3 Å². The van der Waals surface area contributed by atoms with Crippen molar-refractivity contribution in [1.29, 1.82) is 0 Å². The molecule has 2 N–H and O–H groups in total. The smallest absolute Gasteiger partial charge is 0.170 e. The van der Waals surface area contributed by atoms with Crippen molar-refractivity contribution >= 4 is 23.0 Å². The quantitative estimate of drug-likeness (QED) is 0.789. The molecule has 0 aliphatic carbocycles. The minimum absolute atomic E-state index is 0.156. The predicted molar refractivity (Wildman–Crippen MR) is 89.6 cm³/mol. The number of hydrogen-bond donors (Lipinski definition) is 2. The van der Waals surface area contributed by atoms with Crippen LogP contribution in [-0.4, -0.2) is 44.3 Å². The number of hydrogen-bond acceptors (Lipinski definition) is 3. The molecule has 0 heterocycles. The molecule has 4 nitrogen and oxygen atoms in total. The molecule has 0 radical (unpaired) electrons. The first kappa shape index (κ1) is 16.7. The van der Waals surface area contributed by atoms with Gasteiger partial charge in [-0.25, -0.2) is 0 Å². The molecule has 1 aromatic rings. The third-order valence-corrected chi connectivity index (χ3v) is 3.05. The van der Waals surface area contributed by atoms with Gasteiger partial charge < -0.3 is 20.3 Å². The van der Waals surface area contributed by atoms with E-state index in [0.717, 1.165) is 24.5 Å². The minimum atomic E-state index is 0.156. The first-order valence-corrected chi connectivity index (χ1v) is 7.07. The van der Waals surface area contributed by atoms with E-state index in [-0.39, 0.29) is 5.41 Å². The zero-order valence-electron chi connectivity index (χ0n) is 13.0. The fourth-order valence-corrected chi connectivity index (χ4v) is 2.30. The maximum absolute atomic E-state index is 5.32. The van der Waals surface area contributed by atoms with Gasteiger partial charge in [0.2, 0.25) is 0 Å². The van der Waals surface area contributed by atoms with Crippen LogP contribution in [0.15, 0.2) is 24.3 Å². The highest BCUT2D eigenvalue weighted by Gasteiger charge is 2.18. The van der Waals surface area contributed by atoms with Crippen LogP contribution in [0.3, 0.4) is 0 Å². The van der Waals surface area contributed by atoms with E-state index in [9.17, 15) is 0 Å². The third kappa shape index (κ3) is 6.21. The lowest BCUT2D eigenvalue weighted by Gasteiger charge is -2.29. The molecule has 112 valence electrons. The number of thiocarbonyl (C=S) groups is 1. The van der Waals surface area contributed by atoms with Gasteiger partial charge in [0.05, 0.1) is 7.11 Å². The van der Waals surface area contributed by atoms with E-state index in [0.29, 0.717) is 5.11 Å². The summed E-state index contributed by atoms with van der Waals surface area (Å²) in [5.41, 5.74) is 1.08. The molecule has 0 bridgehead atoms. The molecule has 0 aliphatic rings. The predicted octanol–water partition coefficient (Wildman–Crippen LogP) is 2.57. The summed E-state index contributed by atoms with van der Waals surface area (Å²) < 4.78 is 5.19. The van der Waals surface area contributed by atoms with Crippen molar-refractivity contribution < 1.29 is 4.74 Å². The summed E-state index contributed by atoms with van der Waals surface area (Å²) in [5, 5.41) is 7.07. The van der Waals surface area contributed by atoms with Crippen molar-refractivity contribution in [2.24, 2.45) is 5.41 Å². The van der Waals surface area contributed by atoms with Gasteiger partial charge in [0.1, 0.15) is 5.75 Å². The first-order chi connectivity index (χ1) is 9.32. The zero-order valence-corrected chi connectivity index (χ0v) is 13.8. The lowest BCUT2D eigenvalue weighted by atomic mass is 9.93. The Bertz CT molecular complexity index is 446. The van der Waals surface area contributed by atoms with Crippen LogP contribution in [0.1, 0.15) is 13.8 Å². The monoisotopic (exact) mass is 295 g/mol. The van der Waals surface area contributed by atoms with Crippen LogP contribution in [0.4, 0.5) is 5.69 Å². The van der Waals surface area contributed by atoms with E-state index in [1.807, 2.05) is 24.3 Å². The average molecular weight is 295 g/mol. The van der Waals surface area contributed by atoms with Crippen LogP contribution in [0, 0.1) is 5.41 Å². The maximum Gasteiger partial charge on any atom is 0.170 e. The Morgan fingerprint density at radius 2 is 2.05 bits per heavy atom. The molecular weight excluding hydrogens is 270 g/mol. The molecule has 0 spiro atoms. The van der Waals surface area contributed by atoms with Gasteiger partial charge in [-0.2, -0.15) is 0 Å². The Morgan fingerprint density at radius 3 is 2.65 bits per heavy atom. The van der Waals surface area contributed by atoms with Crippen molar-refractivity contribution in [2.45, 2.75) is 13.8 Å². The average Bonchev–Trinajstić information content (AvgIpc) is 2.35. The minimum Gasteiger partial charge on any atom is -0.497 e. The summed E-state index contributed by atoms with van der Waals surface area (Å²) in [5.74, 6) is 0.811. The highest BCUT2D eigenvalue weighted by molar-refractivity contribution is 7.80. The van der Waals surface area contributed by atoms with E-state index in [2.05, 4.69) is 43.5 Å². The number of anilines is 1. The second kappa shape index (κ2) is 7.45. The number of ether oxygens (including phenoxy) is 1. The van der Waals surface area contributed by atoms with Gasteiger partial charge >= 0.3 is 0 Å². The van der Waals surface area contributed by atoms with Gasteiger partial charge in [0, 0.05) is 24.8 Å². The number of methoxy groups -OCH3 is 1. The fourth-order valence-electron chi connectivity index (χ4n) is 2.11. The fraction of sp³-hybridized carbons (Fsp3) is 0.533. The topological polar surface area (TPSA) is 36.5 Å². The van der Waals surface area contributed by atoms with Crippen molar-refractivity contribution in [2.75, 3.05) is 39.6 Å². The molecule has 5 heteroatoms. The maximum atomic E-state index is 5.32. The van der Waals surface area contributed by atoms with Gasteiger partial charge in [0.15, 0.2) is 5.11 Å². The molecule has 1 rings (SSSR count). The number of rotatable bonds is 6. The Labute approximate surface area is 127 Å². The van der Waals surface area contributed by atoms with E-state index in [1.54, 1.807) is 7.11 Å². The standard InChI is InChI=1S/C15H25N3OS/c1-15(2,11-18(3)4)10-16-14(20)17-12-7-6-8-13(9-12)19-5/h6-9H,10-11H2,1-5H3,(H2,16,17,20).